The lowest BCUT2D eigenvalue weighted by Gasteiger charge is -2.35. The molecular formula is C16H27N5O4. The van der Waals surface area contributed by atoms with Gasteiger partial charge in [0.25, 0.3) is 0 Å². The van der Waals surface area contributed by atoms with Crippen LogP contribution in [0.25, 0.3) is 0 Å². The van der Waals surface area contributed by atoms with E-state index in [-0.39, 0.29) is 17.5 Å². The number of hydrogen-bond donors (Lipinski definition) is 2. The van der Waals surface area contributed by atoms with Gasteiger partial charge in [0.1, 0.15) is 17.0 Å². The van der Waals surface area contributed by atoms with Gasteiger partial charge in [-0.05, 0) is 27.7 Å². The van der Waals surface area contributed by atoms with Crippen molar-refractivity contribution in [3.63, 3.8) is 0 Å². The number of piperazine rings is 1. The maximum atomic E-state index is 12.0. The van der Waals surface area contributed by atoms with Crippen molar-refractivity contribution in [1.29, 1.82) is 0 Å². The van der Waals surface area contributed by atoms with Crippen molar-refractivity contribution in [2.24, 2.45) is 0 Å². The number of aromatic nitrogens is 2. The molecule has 0 radical (unpaired) electrons. The van der Waals surface area contributed by atoms with Crippen molar-refractivity contribution in [3.05, 3.63) is 11.3 Å². The third-order valence-electron chi connectivity index (χ3n) is 4.03. The largest absolute Gasteiger partial charge is 0.477 e. The quantitative estimate of drug-likeness (QED) is 0.831. The monoisotopic (exact) mass is 353 g/mol. The Morgan fingerprint density at radius 3 is 2.28 bits per heavy atom. The highest BCUT2D eigenvalue weighted by atomic mass is 16.6. The number of carbonyl (C=O) groups excluding carboxylic acids is 1. The first-order valence-electron chi connectivity index (χ1n) is 8.35. The zero-order chi connectivity index (χ0) is 18.8. The molecule has 1 aromatic heterocycles. The summed E-state index contributed by atoms with van der Waals surface area (Å²) >= 11 is 0. The third-order valence-corrected chi connectivity index (χ3v) is 4.03. The van der Waals surface area contributed by atoms with Crippen molar-refractivity contribution in [2.75, 3.05) is 38.5 Å². The van der Waals surface area contributed by atoms with Gasteiger partial charge in [-0.2, -0.15) is 5.10 Å². The molecule has 0 atom stereocenters. The molecule has 0 bridgehead atoms. The molecule has 9 heteroatoms. The number of nitrogens with zero attached hydrogens (tertiary/aromatic N) is 4. The highest BCUT2D eigenvalue weighted by Gasteiger charge is 2.26. The second-order valence-electron chi connectivity index (χ2n) is 7.18. The van der Waals surface area contributed by atoms with Gasteiger partial charge in [-0.15, -0.1) is 0 Å². The van der Waals surface area contributed by atoms with Crippen LogP contribution in [0.5, 0.6) is 0 Å². The molecule has 3 N–H and O–H groups in total. The van der Waals surface area contributed by atoms with E-state index in [1.165, 1.54) is 4.68 Å². The Hall–Kier alpha value is -2.29. The number of carbonyl (C=O) groups is 2. The van der Waals surface area contributed by atoms with E-state index in [9.17, 15) is 9.59 Å². The van der Waals surface area contributed by atoms with E-state index in [0.717, 1.165) is 13.1 Å². The first-order valence-corrected chi connectivity index (χ1v) is 8.35. The van der Waals surface area contributed by atoms with Gasteiger partial charge in [0.05, 0.1) is 12.2 Å². The van der Waals surface area contributed by atoms with Crippen LogP contribution in [-0.2, 0) is 11.3 Å². The minimum atomic E-state index is -1.06. The van der Waals surface area contributed by atoms with Crippen molar-refractivity contribution < 1.29 is 19.4 Å². The summed E-state index contributed by atoms with van der Waals surface area (Å²) in [4.78, 5) is 27.1. The van der Waals surface area contributed by atoms with Crippen molar-refractivity contribution in [2.45, 2.75) is 39.8 Å². The van der Waals surface area contributed by atoms with Gasteiger partial charge in [0.15, 0.2) is 0 Å². The van der Waals surface area contributed by atoms with Crippen LogP contribution in [0.2, 0.25) is 0 Å². The van der Waals surface area contributed by atoms with Gasteiger partial charge >= 0.3 is 12.1 Å². The van der Waals surface area contributed by atoms with Gasteiger partial charge in [0, 0.05) is 32.7 Å². The number of nitrogen functional groups attached to an aromatic ring is 1. The van der Waals surface area contributed by atoms with E-state index < -0.39 is 11.6 Å². The number of ether oxygens (including phenoxy) is 1. The Morgan fingerprint density at radius 2 is 1.80 bits per heavy atom. The summed E-state index contributed by atoms with van der Waals surface area (Å²) in [5.74, 6) is -0.885. The van der Waals surface area contributed by atoms with Crippen LogP contribution < -0.4 is 5.73 Å². The number of amides is 1. The molecule has 1 amide bonds. The zero-order valence-electron chi connectivity index (χ0n) is 15.3. The average Bonchev–Trinajstić information content (AvgIpc) is 2.78. The van der Waals surface area contributed by atoms with Crippen LogP contribution in [0, 0.1) is 6.92 Å². The average molecular weight is 353 g/mol. The SMILES string of the molecule is Cc1nn(CCN2CCN(C(=O)OC(C)(C)C)CC2)c(N)c1C(=O)O. The Kier molecular flexibility index (Phi) is 5.56. The van der Waals surface area contributed by atoms with E-state index in [0.29, 0.717) is 31.9 Å². The summed E-state index contributed by atoms with van der Waals surface area (Å²) in [6.45, 7) is 11.0. The predicted molar refractivity (Wildman–Crippen MR) is 92.6 cm³/mol. The molecule has 140 valence electrons. The molecule has 1 aliphatic heterocycles. The number of anilines is 1. The van der Waals surface area contributed by atoms with Gasteiger partial charge in [-0.1, -0.05) is 0 Å². The molecule has 0 unspecified atom stereocenters. The molecule has 0 spiro atoms. The Labute approximate surface area is 147 Å². The number of nitrogens with two attached hydrogens (primary N) is 1. The second kappa shape index (κ2) is 7.30. The highest BCUT2D eigenvalue weighted by Crippen LogP contribution is 2.16. The molecule has 2 heterocycles. The minimum Gasteiger partial charge on any atom is -0.477 e. The summed E-state index contributed by atoms with van der Waals surface area (Å²) in [6.07, 6.45) is -0.287. The lowest BCUT2D eigenvalue weighted by Crippen LogP contribution is -2.50. The van der Waals surface area contributed by atoms with E-state index in [2.05, 4.69) is 10.00 Å². The molecule has 0 saturated carbocycles. The minimum absolute atomic E-state index is 0.0646. The number of aryl methyl sites for hydroxylation is 1. The standard InChI is InChI=1S/C16H27N5O4/c1-11-12(14(22)23)13(17)21(18-11)10-7-19-5-8-20(9-6-19)15(24)25-16(2,3)4/h5-10,17H2,1-4H3,(H,22,23). The van der Waals surface area contributed by atoms with Gasteiger partial charge in [-0.25, -0.2) is 14.3 Å². The first kappa shape index (κ1) is 19.0. The number of rotatable bonds is 4. The fraction of sp³-hybridized carbons (Fsp3) is 0.688. The molecular weight excluding hydrogens is 326 g/mol. The topological polar surface area (TPSA) is 114 Å². The molecule has 0 aliphatic carbocycles. The summed E-state index contributed by atoms with van der Waals surface area (Å²) in [6, 6.07) is 0. The lowest BCUT2D eigenvalue weighted by molar-refractivity contribution is 0.0142. The molecule has 9 nitrogen and oxygen atoms in total. The molecule has 1 saturated heterocycles. The third kappa shape index (κ3) is 4.85. The van der Waals surface area contributed by atoms with Crippen LogP contribution in [0.4, 0.5) is 10.6 Å². The van der Waals surface area contributed by atoms with E-state index in [1.54, 1.807) is 11.8 Å². The number of aromatic carboxylic acids is 1. The molecule has 1 aliphatic rings. The smallest absolute Gasteiger partial charge is 0.410 e. The van der Waals surface area contributed by atoms with Crippen molar-refractivity contribution in [1.82, 2.24) is 19.6 Å². The number of carboxylic acid groups (broad SMARTS) is 1. The fourth-order valence-corrected chi connectivity index (χ4v) is 2.75. The number of hydrogen-bond acceptors (Lipinski definition) is 6. The summed E-state index contributed by atoms with van der Waals surface area (Å²) in [7, 11) is 0. The maximum absolute atomic E-state index is 12.0. The lowest BCUT2D eigenvalue weighted by atomic mass is 10.2. The second-order valence-corrected chi connectivity index (χ2v) is 7.18. The van der Waals surface area contributed by atoms with Crippen LogP contribution in [0.1, 0.15) is 36.8 Å². The van der Waals surface area contributed by atoms with Crippen LogP contribution in [0.15, 0.2) is 0 Å². The molecule has 2 rings (SSSR count). The molecule has 1 fully saturated rings. The predicted octanol–water partition coefficient (Wildman–Crippen LogP) is 1.02. The Balaban J connectivity index is 1.84. The molecule has 0 aromatic carbocycles. The van der Waals surface area contributed by atoms with Gasteiger partial charge < -0.3 is 20.5 Å². The van der Waals surface area contributed by atoms with E-state index >= 15 is 0 Å². The highest BCUT2D eigenvalue weighted by molar-refractivity contribution is 5.94. The van der Waals surface area contributed by atoms with Crippen molar-refractivity contribution >= 4 is 17.9 Å². The van der Waals surface area contributed by atoms with Crippen LogP contribution >= 0.6 is 0 Å². The summed E-state index contributed by atoms with van der Waals surface area (Å²) in [5.41, 5.74) is 5.86. The van der Waals surface area contributed by atoms with Gasteiger partial charge in [0.2, 0.25) is 0 Å². The maximum Gasteiger partial charge on any atom is 0.410 e. The summed E-state index contributed by atoms with van der Waals surface area (Å²) in [5, 5.41) is 13.3. The fourth-order valence-electron chi connectivity index (χ4n) is 2.75. The van der Waals surface area contributed by atoms with Gasteiger partial charge in [-0.3, -0.25) is 4.90 Å². The van der Waals surface area contributed by atoms with E-state index in [4.69, 9.17) is 15.6 Å². The summed E-state index contributed by atoms with van der Waals surface area (Å²) < 4.78 is 6.90. The van der Waals surface area contributed by atoms with Crippen molar-refractivity contribution in [3.8, 4) is 0 Å². The zero-order valence-corrected chi connectivity index (χ0v) is 15.3. The normalized spacial score (nSPS) is 16.1. The molecule has 25 heavy (non-hydrogen) atoms. The van der Waals surface area contributed by atoms with E-state index in [1.807, 2.05) is 20.8 Å². The Morgan fingerprint density at radius 1 is 1.20 bits per heavy atom. The first-order chi connectivity index (χ1) is 11.6. The van der Waals surface area contributed by atoms with Crippen LogP contribution in [0.3, 0.4) is 0 Å². The Bertz CT molecular complexity index is 642. The molecule has 1 aromatic rings. The number of carboxylic acids is 1. The van der Waals surface area contributed by atoms with Crippen LogP contribution in [-0.4, -0.2) is 75.1 Å².